The molecule has 2 N–H and O–H groups in total. The van der Waals surface area contributed by atoms with Gasteiger partial charge < -0.3 is 5.73 Å². The van der Waals surface area contributed by atoms with Crippen molar-refractivity contribution in [1.82, 2.24) is 9.55 Å². The average Bonchev–Trinajstić information content (AvgIpc) is 2.66. The number of nitrogen functional groups attached to an aromatic ring is 1. The highest BCUT2D eigenvalue weighted by atomic mass is 79.9. The summed E-state index contributed by atoms with van der Waals surface area (Å²) in [6, 6.07) is 8.63. The van der Waals surface area contributed by atoms with Crippen molar-refractivity contribution in [2.45, 2.75) is 0 Å². The van der Waals surface area contributed by atoms with Gasteiger partial charge in [-0.1, -0.05) is 6.07 Å². The number of para-hydroxylation sites is 1. The second-order valence-corrected chi connectivity index (χ2v) is 4.86. The molecule has 1 aromatic heterocycles. The predicted molar refractivity (Wildman–Crippen MR) is 73.1 cm³/mol. The molecule has 0 bridgehead atoms. The van der Waals surface area contributed by atoms with Gasteiger partial charge in [0, 0.05) is 10.5 Å². The van der Waals surface area contributed by atoms with Crippen molar-refractivity contribution in [3.63, 3.8) is 0 Å². The highest BCUT2D eigenvalue weighted by Gasteiger charge is 2.16. The number of anilines is 1. The van der Waals surface area contributed by atoms with Crippen LogP contribution in [0, 0.1) is 11.6 Å². The van der Waals surface area contributed by atoms with E-state index in [1.807, 2.05) is 0 Å². The highest BCUT2D eigenvalue weighted by Crippen LogP contribution is 2.30. The van der Waals surface area contributed by atoms with Gasteiger partial charge in [-0.25, -0.2) is 13.8 Å². The lowest BCUT2D eigenvalue weighted by atomic mass is 10.2. The van der Waals surface area contributed by atoms with Crippen LogP contribution in [0.1, 0.15) is 0 Å². The standard InChI is InChI=1S/C13H8BrF2N3/c14-8-2-1-3-9(16)12(8)19-11-6-7(15)4-5-10(11)18-13(19)17/h1-6H,(H2,17,18). The number of benzene rings is 2. The summed E-state index contributed by atoms with van der Waals surface area (Å²) in [6.45, 7) is 0. The molecule has 0 aliphatic rings. The lowest BCUT2D eigenvalue weighted by molar-refractivity contribution is 0.617. The Kier molecular flexibility index (Phi) is 2.74. The molecule has 0 saturated heterocycles. The zero-order valence-corrected chi connectivity index (χ0v) is 11.2. The van der Waals surface area contributed by atoms with E-state index in [4.69, 9.17) is 5.73 Å². The smallest absolute Gasteiger partial charge is 0.206 e. The van der Waals surface area contributed by atoms with Crippen molar-refractivity contribution in [2.24, 2.45) is 0 Å². The maximum atomic E-state index is 14.0. The number of aromatic nitrogens is 2. The number of imidazole rings is 1. The molecule has 0 fully saturated rings. The molecule has 3 nitrogen and oxygen atoms in total. The van der Waals surface area contributed by atoms with E-state index in [1.54, 1.807) is 12.1 Å². The molecule has 0 atom stereocenters. The van der Waals surface area contributed by atoms with Crippen molar-refractivity contribution in [2.75, 3.05) is 5.73 Å². The fourth-order valence-electron chi connectivity index (χ4n) is 2.00. The summed E-state index contributed by atoms with van der Waals surface area (Å²) in [4.78, 5) is 4.10. The molecule has 3 aromatic rings. The van der Waals surface area contributed by atoms with Crippen molar-refractivity contribution >= 4 is 32.9 Å². The molecule has 0 saturated carbocycles. The van der Waals surface area contributed by atoms with E-state index < -0.39 is 11.6 Å². The van der Waals surface area contributed by atoms with E-state index in [0.29, 0.717) is 15.5 Å². The molecule has 1 heterocycles. The first-order chi connectivity index (χ1) is 9.08. The summed E-state index contributed by atoms with van der Waals surface area (Å²) in [5.74, 6) is -0.794. The minimum atomic E-state index is -0.468. The Hall–Kier alpha value is -1.95. The summed E-state index contributed by atoms with van der Waals surface area (Å²) in [5, 5.41) is 0. The first-order valence-corrected chi connectivity index (χ1v) is 6.25. The maximum absolute atomic E-state index is 14.0. The van der Waals surface area contributed by atoms with Crippen LogP contribution in [0.2, 0.25) is 0 Å². The summed E-state index contributed by atoms with van der Waals surface area (Å²) >= 11 is 3.27. The van der Waals surface area contributed by atoms with E-state index in [-0.39, 0.29) is 11.6 Å². The Labute approximate surface area is 115 Å². The normalized spacial score (nSPS) is 11.1. The van der Waals surface area contributed by atoms with Crippen molar-refractivity contribution < 1.29 is 8.78 Å². The fourth-order valence-corrected chi connectivity index (χ4v) is 2.52. The molecule has 0 aliphatic heterocycles. The Morgan fingerprint density at radius 3 is 2.68 bits per heavy atom. The molecule has 0 amide bonds. The number of hydrogen-bond acceptors (Lipinski definition) is 2. The van der Waals surface area contributed by atoms with Gasteiger partial charge in [0.1, 0.15) is 11.6 Å². The lowest BCUT2D eigenvalue weighted by Crippen LogP contribution is -2.04. The zero-order chi connectivity index (χ0) is 13.6. The van der Waals surface area contributed by atoms with Gasteiger partial charge in [-0.05, 0) is 40.2 Å². The first kappa shape index (κ1) is 12.1. The van der Waals surface area contributed by atoms with Gasteiger partial charge in [0.25, 0.3) is 0 Å². The number of hydrogen-bond donors (Lipinski definition) is 1. The summed E-state index contributed by atoms with van der Waals surface area (Å²) in [7, 11) is 0. The van der Waals surface area contributed by atoms with E-state index in [2.05, 4.69) is 20.9 Å². The number of nitrogens with zero attached hydrogens (tertiary/aromatic N) is 2. The van der Waals surface area contributed by atoms with E-state index in [1.165, 1.54) is 28.8 Å². The molecular formula is C13H8BrF2N3. The van der Waals surface area contributed by atoms with Crippen molar-refractivity contribution in [3.05, 3.63) is 52.5 Å². The molecule has 6 heteroatoms. The second-order valence-electron chi connectivity index (χ2n) is 4.01. The summed E-state index contributed by atoms with van der Waals surface area (Å²) < 4.78 is 29.3. The number of nitrogens with two attached hydrogens (primary N) is 1. The molecule has 0 aliphatic carbocycles. The van der Waals surface area contributed by atoms with E-state index in [9.17, 15) is 8.78 Å². The van der Waals surface area contributed by atoms with Crippen LogP contribution in [0.3, 0.4) is 0 Å². The Balaban J connectivity index is 2.42. The SMILES string of the molecule is Nc1nc2ccc(F)cc2n1-c1c(F)cccc1Br. The number of fused-ring (bicyclic) bond motifs is 1. The molecule has 0 unspecified atom stereocenters. The molecule has 19 heavy (non-hydrogen) atoms. The van der Waals surface area contributed by atoms with Gasteiger partial charge >= 0.3 is 0 Å². The van der Waals surface area contributed by atoms with Crippen LogP contribution in [0.4, 0.5) is 14.7 Å². The molecule has 96 valence electrons. The third-order valence-corrected chi connectivity index (χ3v) is 3.44. The van der Waals surface area contributed by atoms with Gasteiger partial charge in [-0.3, -0.25) is 4.57 Å². The van der Waals surface area contributed by atoms with Gasteiger partial charge in [0.2, 0.25) is 5.95 Å². The van der Waals surface area contributed by atoms with Crippen LogP contribution in [0.5, 0.6) is 0 Å². The van der Waals surface area contributed by atoms with E-state index >= 15 is 0 Å². The maximum Gasteiger partial charge on any atom is 0.206 e. The van der Waals surface area contributed by atoms with Gasteiger partial charge in [0.05, 0.1) is 16.7 Å². The summed E-state index contributed by atoms with van der Waals surface area (Å²) in [6.07, 6.45) is 0. The third kappa shape index (κ3) is 1.88. The minimum absolute atomic E-state index is 0.103. The number of rotatable bonds is 1. The molecule has 3 rings (SSSR count). The zero-order valence-electron chi connectivity index (χ0n) is 9.57. The van der Waals surface area contributed by atoms with Crippen LogP contribution in [-0.4, -0.2) is 9.55 Å². The lowest BCUT2D eigenvalue weighted by Gasteiger charge is -2.10. The average molecular weight is 324 g/mol. The van der Waals surface area contributed by atoms with Gasteiger partial charge in [-0.15, -0.1) is 0 Å². The monoisotopic (exact) mass is 323 g/mol. The highest BCUT2D eigenvalue weighted by molar-refractivity contribution is 9.10. The molecular weight excluding hydrogens is 316 g/mol. The Morgan fingerprint density at radius 1 is 1.16 bits per heavy atom. The van der Waals surface area contributed by atoms with Crippen LogP contribution in [0.15, 0.2) is 40.9 Å². The number of halogens is 3. The van der Waals surface area contributed by atoms with Crippen LogP contribution in [0.25, 0.3) is 16.7 Å². The predicted octanol–water partition coefficient (Wildman–Crippen LogP) is 3.65. The molecule has 2 aromatic carbocycles. The van der Waals surface area contributed by atoms with Crippen LogP contribution < -0.4 is 5.73 Å². The van der Waals surface area contributed by atoms with Crippen molar-refractivity contribution in [1.29, 1.82) is 0 Å². The molecule has 0 spiro atoms. The Bertz CT molecular complexity index is 763. The van der Waals surface area contributed by atoms with Crippen LogP contribution >= 0.6 is 15.9 Å². The Morgan fingerprint density at radius 2 is 1.95 bits per heavy atom. The molecule has 0 radical (unpaired) electrons. The van der Waals surface area contributed by atoms with Gasteiger partial charge in [0.15, 0.2) is 0 Å². The third-order valence-electron chi connectivity index (χ3n) is 2.80. The largest absolute Gasteiger partial charge is 0.369 e. The topological polar surface area (TPSA) is 43.8 Å². The summed E-state index contributed by atoms with van der Waals surface area (Å²) in [5.41, 5.74) is 6.96. The second kappa shape index (κ2) is 4.31. The van der Waals surface area contributed by atoms with Crippen molar-refractivity contribution in [3.8, 4) is 5.69 Å². The quantitative estimate of drug-likeness (QED) is 0.742. The van der Waals surface area contributed by atoms with Crippen LogP contribution in [-0.2, 0) is 0 Å². The van der Waals surface area contributed by atoms with E-state index in [0.717, 1.165) is 0 Å². The first-order valence-electron chi connectivity index (χ1n) is 5.46. The fraction of sp³-hybridized carbons (Fsp3) is 0. The van der Waals surface area contributed by atoms with Gasteiger partial charge in [-0.2, -0.15) is 0 Å². The minimum Gasteiger partial charge on any atom is -0.369 e.